The Morgan fingerprint density at radius 3 is 2.47 bits per heavy atom. The molecule has 0 heterocycles. The molecule has 1 rings (SSSR count). The lowest BCUT2D eigenvalue weighted by Crippen LogP contribution is -2.44. The van der Waals surface area contributed by atoms with Crippen molar-refractivity contribution in [2.75, 3.05) is 19.7 Å². The summed E-state index contributed by atoms with van der Waals surface area (Å²) in [5.74, 6) is 0.712. The summed E-state index contributed by atoms with van der Waals surface area (Å²) >= 11 is 0. The molecule has 3 nitrogen and oxygen atoms in total. The molecule has 1 saturated carbocycles. The van der Waals surface area contributed by atoms with Gasteiger partial charge in [0.2, 0.25) is 0 Å². The molecule has 1 aliphatic rings. The van der Waals surface area contributed by atoms with E-state index >= 15 is 0 Å². The fourth-order valence-electron chi connectivity index (χ4n) is 1.81. The first-order valence-corrected chi connectivity index (χ1v) is 6.08. The van der Waals surface area contributed by atoms with Crippen molar-refractivity contribution in [2.45, 2.75) is 51.6 Å². The second kappa shape index (κ2) is 5.28. The highest BCUT2D eigenvalue weighted by Gasteiger charge is 2.30. The molecule has 1 unspecified atom stereocenters. The summed E-state index contributed by atoms with van der Waals surface area (Å²) in [5.41, 5.74) is 5.53. The predicted molar refractivity (Wildman–Crippen MR) is 63.7 cm³/mol. The highest BCUT2D eigenvalue weighted by atomic mass is 16.3. The average Bonchev–Trinajstić information content (AvgIpc) is 2.95. The van der Waals surface area contributed by atoms with Gasteiger partial charge in [-0.05, 0) is 32.1 Å². The van der Waals surface area contributed by atoms with E-state index in [1.807, 2.05) is 6.92 Å². The van der Waals surface area contributed by atoms with Crippen LogP contribution in [0.2, 0.25) is 0 Å². The van der Waals surface area contributed by atoms with Crippen LogP contribution in [0.15, 0.2) is 0 Å². The highest BCUT2D eigenvalue weighted by molar-refractivity contribution is 4.87. The van der Waals surface area contributed by atoms with Crippen LogP contribution in [-0.2, 0) is 0 Å². The van der Waals surface area contributed by atoms with Gasteiger partial charge in [-0.1, -0.05) is 13.8 Å². The monoisotopic (exact) mass is 214 g/mol. The maximum Gasteiger partial charge on any atom is 0.0608 e. The van der Waals surface area contributed by atoms with Crippen LogP contribution in [0.25, 0.3) is 0 Å². The van der Waals surface area contributed by atoms with Crippen LogP contribution in [0.3, 0.4) is 0 Å². The van der Waals surface area contributed by atoms with Gasteiger partial charge in [-0.15, -0.1) is 0 Å². The zero-order chi connectivity index (χ0) is 11.5. The third-order valence-electron chi connectivity index (χ3n) is 2.99. The maximum absolute atomic E-state index is 9.10. The molecule has 0 aromatic heterocycles. The molecule has 15 heavy (non-hydrogen) atoms. The van der Waals surface area contributed by atoms with Gasteiger partial charge in [0.1, 0.15) is 0 Å². The lowest BCUT2D eigenvalue weighted by Gasteiger charge is -2.29. The first kappa shape index (κ1) is 12.9. The standard InChI is InChI=1S/C12H26N2O/c1-10(2)8-14(11-4-5-11)7-6-12(3,13)9-15/h10-11,15H,4-9,13H2,1-3H3. The number of aliphatic hydroxyl groups is 1. The van der Waals surface area contributed by atoms with E-state index in [1.165, 1.54) is 12.8 Å². The predicted octanol–water partition coefficient (Wildman–Crippen LogP) is 1.21. The number of hydrogen-bond acceptors (Lipinski definition) is 3. The Labute approximate surface area is 93.6 Å². The molecular formula is C12H26N2O. The van der Waals surface area contributed by atoms with Crippen molar-refractivity contribution in [2.24, 2.45) is 11.7 Å². The Balaban J connectivity index is 2.31. The molecule has 0 spiro atoms. The van der Waals surface area contributed by atoms with E-state index in [0.29, 0.717) is 5.92 Å². The maximum atomic E-state index is 9.10. The van der Waals surface area contributed by atoms with Crippen LogP contribution < -0.4 is 5.73 Å². The van der Waals surface area contributed by atoms with Crippen LogP contribution in [0.5, 0.6) is 0 Å². The van der Waals surface area contributed by atoms with Crippen LogP contribution in [0.4, 0.5) is 0 Å². The minimum atomic E-state index is -0.413. The molecule has 0 saturated heterocycles. The van der Waals surface area contributed by atoms with Gasteiger partial charge in [0.05, 0.1) is 6.61 Å². The third-order valence-corrected chi connectivity index (χ3v) is 2.99. The van der Waals surface area contributed by atoms with Gasteiger partial charge in [-0.25, -0.2) is 0 Å². The van der Waals surface area contributed by atoms with E-state index in [1.54, 1.807) is 0 Å². The van der Waals surface area contributed by atoms with Gasteiger partial charge < -0.3 is 15.7 Å². The Morgan fingerprint density at radius 2 is 2.07 bits per heavy atom. The fraction of sp³-hybridized carbons (Fsp3) is 1.00. The van der Waals surface area contributed by atoms with Crippen molar-refractivity contribution in [1.29, 1.82) is 0 Å². The van der Waals surface area contributed by atoms with Crippen molar-refractivity contribution >= 4 is 0 Å². The van der Waals surface area contributed by atoms with E-state index < -0.39 is 5.54 Å². The molecule has 0 aromatic carbocycles. The molecular weight excluding hydrogens is 188 g/mol. The first-order chi connectivity index (χ1) is 6.94. The zero-order valence-electron chi connectivity index (χ0n) is 10.4. The van der Waals surface area contributed by atoms with Crippen molar-refractivity contribution in [3.8, 4) is 0 Å². The molecule has 90 valence electrons. The Bertz CT molecular complexity index is 188. The first-order valence-electron chi connectivity index (χ1n) is 6.08. The van der Waals surface area contributed by atoms with E-state index in [0.717, 1.165) is 25.6 Å². The number of aliphatic hydroxyl groups excluding tert-OH is 1. The summed E-state index contributed by atoms with van der Waals surface area (Å²) in [6, 6.07) is 0.793. The molecule has 0 aliphatic heterocycles. The van der Waals surface area contributed by atoms with Crippen molar-refractivity contribution in [1.82, 2.24) is 4.90 Å². The second-order valence-corrected chi connectivity index (χ2v) is 5.68. The molecule has 0 amide bonds. The third kappa shape index (κ3) is 4.96. The summed E-state index contributed by atoms with van der Waals surface area (Å²) in [6.07, 6.45) is 3.56. The van der Waals surface area contributed by atoms with Crippen molar-refractivity contribution < 1.29 is 5.11 Å². The highest BCUT2D eigenvalue weighted by Crippen LogP contribution is 2.28. The summed E-state index contributed by atoms with van der Waals surface area (Å²) in [6.45, 7) is 8.69. The van der Waals surface area contributed by atoms with Crippen LogP contribution in [-0.4, -0.2) is 41.3 Å². The second-order valence-electron chi connectivity index (χ2n) is 5.68. The van der Waals surface area contributed by atoms with Crippen molar-refractivity contribution in [3.63, 3.8) is 0 Å². The van der Waals surface area contributed by atoms with E-state index in [-0.39, 0.29) is 6.61 Å². The van der Waals surface area contributed by atoms with Gasteiger partial charge >= 0.3 is 0 Å². The van der Waals surface area contributed by atoms with Crippen molar-refractivity contribution in [3.05, 3.63) is 0 Å². The van der Waals surface area contributed by atoms with Gasteiger partial charge in [0.25, 0.3) is 0 Å². The molecule has 1 aliphatic carbocycles. The van der Waals surface area contributed by atoms with Crippen LogP contribution >= 0.6 is 0 Å². The molecule has 0 aromatic rings. The normalized spacial score (nSPS) is 21.0. The minimum Gasteiger partial charge on any atom is -0.394 e. The van der Waals surface area contributed by atoms with E-state index in [2.05, 4.69) is 18.7 Å². The summed E-state index contributed by atoms with van der Waals surface area (Å²) < 4.78 is 0. The topological polar surface area (TPSA) is 49.5 Å². The van der Waals surface area contributed by atoms with Gasteiger partial charge in [-0.3, -0.25) is 0 Å². The SMILES string of the molecule is CC(C)CN(CCC(C)(N)CO)C1CC1. The average molecular weight is 214 g/mol. The van der Waals surface area contributed by atoms with Crippen LogP contribution in [0, 0.1) is 5.92 Å². The van der Waals surface area contributed by atoms with Gasteiger partial charge in [0, 0.05) is 24.7 Å². The van der Waals surface area contributed by atoms with Gasteiger partial charge in [0.15, 0.2) is 0 Å². The van der Waals surface area contributed by atoms with Crippen LogP contribution in [0.1, 0.15) is 40.0 Å². The Hall–Kier alpha value is -0.120. The molecule has 3 heteroatoms. The molecule has 0 radical (unpaired) electrons. The number of nitrogens with two attached hydrogens (primary N) is 1. The number of hydrogen-bond donors (Lipinski definition) is 2. The van der Waals surface area contributed by atoms with Gasteiger partial charge in [-0.2, -0.15) is 0 Å². The molecule has 1 fully saturated rings. The number of rotatable bonds is 7. The molecule has 1 atom stereocenters. The molecule has 3 N–H and O–H groups in total. The lowest BCUT2D eigenvalue weighted by molar-refractivity contribution is 0.164. The Kier molecular flexibility index (Phi) is 4.56. The van der Waals surface area contributed by atoms with E-state index in [4.69, 9.17) is 10.8 Å². The lowest BCUT2D eigenvalue weighted by atomic mass is 10.00. The zero-order valence-corrected chi connectivity index (χ0v) is 10.4. The largest absolute Gasteiger partial charge is 0.394 e. The smallest absolute Gasteiger partial charge is 0.0608 e. The summed E-state index contributed by atoms with van der Waals surface area (Å²) in [5, 5.41) is 9.10. The Morgan fingerprint density at radius 1 is 1.47 bits per heavy atom. The number of nitrogens with zero attached hydrogens (tertiary/aromatic N) is 1. The summed E-state index contributed by atoms with van der Waals surface area (Å²) in [7, 11) is 0. The molecule has 0 bridgehead atoms. The fourth-order valence-corrected chi connectivity index (χ4v) is 1.81. The summed E-state index contributed by atoms with van der Waals surface area (Å²) in [4.78, 5) is 2.53. The minimum absolute atomic E-state index is 0.0766. The quantitative estimate of drug-likeness (QED) is 0.669. The van der Waals surface area contributed by atoms with E-state index in [9.17, 15) is 0 Å².